The second-order valence-electron chi connectivity index (χ2n) is 8.82. The van der Waals surface area contributed by atoms with E-state index >= 15 is 0 Å². The van der Waals surface area contributed by atoms with Crippen LogP contribution in [0.3, 0.4) is 0 Å². The van der Waals surface area contributed by atoms with E-state index in [1.807, 2.05) is 13.0 Å². The summed E-state index contributed by atoms with van der Waals surface area (Å²) in [6.45, 7) is 10.6. The Morgan fingerprint density at radius 3 is 2.55 bits per heavy atom. The van der Waals surface area contributed by atoms with Gasteiger partial charge in [0.05, 0.1) is 6.04 Å². The highest BCUT2D eigenvalue weighted by Crippen LogP contribution is 2.50. The minimum Gasteiger partial charge on any atom is -0.378 e. The number of allylic oxidation sites excluding steroid dienone is 2. The molecular weight excluding hydrogens is 382 g/mol. The third-order valence-corrected chi connectivity index (χ3v) is 7.00. The van der Waals surface area contributed by atoms with Gasteiger partial charge in [0.1, 0.15) is 0 Å². The van der Waals surface area contributed by atoms with Crippen LogP contribution < -0.4 is 15.5 Å². The van der Waals surface area contributed by atoms with E-state index in [4.69, 9.17) is 0 Å². The number of anilines is 2. The summed E-state index contributed by atoms with van der Waals surface area (Å²) in [5.41, 5.74) is 5.75. The van der Waals surface area contributed by atoms with Gasteiger partial charge in [-0.2, -0.15) is 0 Å². The van der Waals surface area contributed by atoms with Crippen molar-refractivity contribution in [2.75, 3.05) is 23.3 Å². The molecule has 0 spiro atoms. The molecule has 2 N–H and O–H groups in total. The number of nitrogens with zero attached hydrogens (tertiary/aromatic N) is 1. The number of fused-ring (bicyclic) bond motifs is 3. The number of benzene rings is 2. The Morgan fingerprint density at radius 1 is 1.13 bits per heavy atom. The summed E-state index contributed by atoms with van der Waals surface area (Å²) in [4.78, 5) is 15.0. The van der Waals surface area contributed by atoms with E-state index in [-0.39, 0.29) is 18.0 Å². The largest absolute Gasteiger partial charge is 0.378 e. The standard InChI is InChI=1S/C27H35N3O/c1-5-18(4)28-27(31)20-13-16-25-24(17-20)22-9-8-10-23(22)26(29-25)19-11-14-21(15-12-19)30(6-2)7-3/h8-9,11-18,22-23,26,29H,5-7,10H2,1-4H3,(H,28,31). The number of hydrogen-bond donors (Lipinski definition) is 2. The summed E-state index contributed by atoms with van der Waals surface area (Å²) >= 11 is 0. The van der Waals surface area contributed by atoms with Crippen molar-refractivity contribution < 1.29 is 4.79 Å². The molecule has 4 nitrogen and oxygen atoms in total. The lowest BCUT2D eigenvalue weighted by Crippen LogP contribution is -2.33. The van der Waals surface area contributed by atoms with Crippen LogP contribution in [0.25, 0.3) is 0 Å². The lowest BCUT2D eigenvalue weighted by molar-refractivity contribution is 0.0939. The Labute approximate surface area is 186 Å². The maximum Gasteiger partial charge on any atom is 0.251 e. The van der Waals surface area contributed by atoms with Gasteiger partial charge in [0.15, 0.2) is 0 Å². The molecule has 4 rings (SSSR count). The van der Waals surface area contributed by atoms with Crippen LogP contribution >= 0.6 is 0 Å². The molecule has 1 aliphatic carbocycles. The molecule has 2 aromatic rings. The third kappa shape index (κ3) is 4.21. The number of hydrogen-bond acceptors (Lipinski definition) is 3. The third-order valence-electron chi connectivity index (χ3n) is 7.00. The van der Waals surface area contributed by atoms with Gasteiger partial charge in [0.2, 0.25) is 0 Å². The van der Waals surface area contributed by atoms with Crippen molar-refractivity contribution in [1.82, 2.24) is 5.32 Å². The van der Waals surface area contributed by atoms with Gasteiger partial charge in [-0.25, -0.2) is 0 Å². The first-order valence-electron chi connectivity index (χ1n) is 11.8. The van der Waals surface area contributed by atoms with Gasteiger partial charge in [-0.05, 0) is 81.0 Å². The second-order valence-corrected chi connectivity index (χ2v) is 8.82. The maximum atomic E-state index is 12.7. The molecule has 1 heterocycles. The molecule has 2 aromatic carbocycles. The molecule has 0 radical (unpaired) electrons. The van der Waals surface area contributed by atoms with E-state index in [2.05, 4.69) is 84.9 Å². The van der Waals surface area contributed by atoms with Crippen LogP contribution in [0.1, 0.15) is 74.0 Å². The fraction of sp³-hybridized carbons (Fsp3) is 0.444. The molecule has 0 aromatic heterocycles. The lowest BCUT2D eigenvalue weighted by atomic mass is 9.76. The molecule has 2 aliphatic rings. The minimum absolute atomic E-state index is 0.0183. The summed E-state index contributed by atoms with van der Waals surface area (Å²) in [5, 5.41) is 6.88. The number of amides is 1. The summed E-state index contributed by atoms with van der Waals surface area (Å²) < 4.78 is 0. The molecule has 0 saturated carbocycles. The lowest BCUT2D eigenvalue weighted by Gasteiger charge is -2.38. The van der Waals surface area contributed by atoms with Crippen molar-refractivity contribution in [3.05, 3.63) is 71.3 Å². The molecule has 0 bridgehead atoms. The van der Waals surface area contributed by atoms with Crippen molar-refractivity contribution in [3.63, 3.8) is 0 Å². The Hall–Kier alpha value is -2.75. The monoisotopic (exact) mass is 417 g/mol. The normalized spacial score (nSPS) is 22.3. The van der Waals surface area contributed by atoms with Gasteiger partial charge in [-0.3, -0.25) is 4.79 Å². The predicted octanol–water partition coefficient (Wildman–Crippen LogP) is 5.89. The van der Waals surface area contributed by atoms with E-state index in [1.54, 1.807) is 0 Å². The summed E-state index contributed by atoms with van der Waals surface area (Å²) in [6.07, 6.45) is 6.62. The van der Waals surface area contributed by atoms with Crippen LogP contribution in [-0.4, -0.2) is 25.0 Å². The highest BCUT2D eigenvalue weighted by Gasteiger charge is 2.38. The van der Waals surface area contributed by atoms with E-state index in [0.29, 0.717) is 11.8 Å². The van der Waals surface area contributed by atoms with E-state index in [0.717, 1.165) is 37.2 Å². The summed E-state index contributed by atoms with van der Waals surface area (Å²) in [7, 11) is 0. The van der Waals surface area contributed by atoms with Crippen LogP contribution in [0, 0.1) is 5.92 Å². The van der Waals surface area contributed by atoms with Gasteiger partial charge < -0.3 is 15.5 Å². The highest BCUT2D eigenvalue weighted by molar-refractivity contribution is 5.95. The van der Waals surface area contributed by atoms with Crippen molar-refractivity contribution in [1.29, 1.82) is 0 Å². The van der Waals surface area contributed by atoms with Crippen molar-refractivity contribution in [2.45, 2.75) is 58.5 Å². The molecule has 1 aliphatic heterocycles. The number of carbonyl (C=O) groups is 1. The average molecular weight is 418 g/mol. The quantitative estimate of drug-likeness (QED) is 0.552. The summed E-state index contributed by atoms with van der Waals surface area (Å²) in [5.74, 6) is 0.838. The SMILES string of the molecule is CCC(C)NC(=O)c1ccc2c(c1)C1C=CCC1C(c1ccc(N(CC)CC)cc1)N2. The zero-order valence-electron chi connectivity index (χ0n) is 19.2. The molecule has 164 valence electrons. The van der Waals surface area contributed by atoms with Crippen LogP contribution in [-0.2, 0) is 0 Å². The Bertz CT molecular complexity index is 945. The molecule has 31 heavy (non-hydrogen) atoms. The summed E-state index contributed by atoms with van der Waals surface area (Å²) in [6, 6.07) is 15.6. The van der Waals surface area contributed by atoms with E-state index < -0.39 is 0 Å². The number of rotatable bonds is 7. The molecule has 4 heteroatoms. The van der Waals surface area contributed by atoms with Gasteiger partial charge in [-0.15, -0.1) is 0 Å². The smallest absolute Gasteiger partial charge is 0.251 e. The zero-order chi connectivity index (χ0) is 22.0. The Balaban J connectivity index is 1.60. The maximum absolute atomic E-state index is 12.7. The van der Waals surface area contributed by atoms with Gasteiger partial charge >= 0.3 is 0 Å². The highest BCUT2D eigenvalue weighted by atomic mass is 16.1. The second kappa shape index (κ2) is 9.17. The molecule has 4 atom stereocenters. The number of nitrogens with one attached hydrogen (secondary N) is 2. The van der Waals surface area contributed by atoms with Crippen LogP contribution in [0.15, 0.2) is 54.6 Å². The van der Waals surface area contributed by atoms with Crippen molar-refractivity contribution >= 4 is 17.3 Å². The molecule has 4 unspecified atom stereocenters. The molecule has 0 saturated heterocycles. The molecule has 0 fully saturated rings. The zero-order valence-corrected chi connectivity index (χ0v) is 19.2. The first-order chi connectivity index (χ1) is 15.0. The van der Waals surface area contributed by atoms with Gasteiger partial charge in [0, 0.05) is 42.0 Å². The van der Waals surface area contributed by atoms with Gasteiger partial charge in [-0.1, -0.05) is 31.2 Å². The molecular formula is C27H35N3O. The first kappa shape index (κ1) is 21.5. The van der Waals surface area contributed by atoms with Crippen molar-refractivity contribution in [3.8, 4) is 0 Å². The van der Waals surface area contributed by atoms with Crippen LogP contribution in [0.5, 0.6) is 0 Å². The number of carbonyl (C=O) groups excluding carboxylic acids is 1. The average Bonchev–Trinajstić information content (AvgIpc) is 3.30. The predicted molar refractivity (Wildman–Crippen MR) is 130 cm³/mol. The fourth-order valence-electron chi connectivity index (χ4n) is 4.96. The first-order valence-corrected chi connectivity index (χ1v) is 11.8. The molecule has 1 amide bonds. The Kier molecular flexibility index (Phi) is 6.35. The van der Waals surface area contributed by atoms with E-state index in [9.17, 15) is 4.79 Å². The minimum atomic E-state index is 0.0183. The van der Waals surface area contributed by atoms with Crippen LogP contribution in [0.2, 0.25) is 0 Å². The van der Waals surface area contributed by atoms with E-state index in [1.165, 1.54) is 16.8 Å². The van der Waals surface area contributed by atoms with Crippen LogP contribution in [0.4, 0.5) is 11.4 Å². The van der Waals surface area contributed by atoms with Gasteiger partial charge in [0.25, 0.3) is 5.91 Å². The van der Waals surface area contributed by atoms with Crippen molar-refractivity contribution in [2.24, 2.45) is 5.92 Å². The Morgan fingerprint density at radius 2 is 1.87 bits per heavy atom. The fourth-order valence-corrected chi connectivity index (χ4v) is 4.96. The topological polar surface area (TPSA) is 44.4 Å².